The highest BCUT2D eigenvalue weighted by atomic mass is 79.9. The molecule has 1 aromatic heterocycles. The number of hydrogen-bond acceptors (Lipinski definition) is 0. The van der Waals surface area contributed by atoms with E-state index in [1.54, 1.807) is 0 Å². The van der Waals surface area contributed by atoms with Crippen LogP contribution in [0.5, 0.6) is 0 Å². The molecule has 2 heteroatoms. The number of halogens is 1. The number of nitrogens with one attached hydrogen (secondary N) is 1. The summed E-state index contributed by atoms with van der Waals surface area (Å²) >= 11 is 3.56. The fourth-order valence-electron chi connectivity index (χ4n) is 1.64. The van der Waals surface area contributed by atoms with Gasteiger partial charge in [-0.25, -0.2) is 4.98 Å². The van der Waals surface area contributed by atoms with Crippen LogP contribution >= 0.6 is 15.9 Å². The Balaban J connectivity index is 2.49. The van der Waals surface area contributed by atoms with Crippen molar-refractivity contribution in [3.05, 3.63) is 28.0 Å². The summed E-state index contributed by atoms with van der Waals surface area (Å²) in [5.41, 5.74) is 2.91. The minimum Gasteiger partial charge on any atom is -0.215 e. The Hall–Kier alpha value is -0.370. The average molecular weight is 213 g/mol. The molecule has 1 aliphatic carbocycles. The van der Waals surface area contributed by atoms with Gasteiger partial charge < -0.3 is 0 Å². The Bertz CT molecular complexity index is 270. The molecule has 0 amide bonds. The topological polar surface area (TPSA) is 14.1 Å². The van der Waals surface area contributed by atoms with Gasteiger partial charge in [0.05, 0.1) is 0 Å². The summed E-state index contributed by atoms with van der Waals surface area (Å²) < 4.78 is 1.27. The van der Waals surface area contributed by atoms with E-state index in [4.69, 9.17) is 0 Å². The quantitative estimate of drug-likeness (QED) is 0.626. The molecule has 1 nitrogen and oxygen atoms in total. The lowest BCUT2D eigenvalue weighted by Gasteiger charge is -2.10. The van der Waals surface area contributed by atoms with E-state index in [0.717, 1.165) is 0 Å². The molecule has 0 saturated carbocycles. The summed E-state index contributed by atoms with van der Waals surface area (Å²) in [6.07, 6.45) is 7.12. The Morgan fingerprint density at radius 3 is 2.91 bits per heavy atom. The zero-order valence-electron chi connectivity index (χ0n) is 6.36. The third kappa shape index (κ3) is 1.32. The standard InChI is InChI=1S/C9H10BrN/c10-8-5-6-11-9-4-2-1-3-7(8)9/h5-6H,1-4H2/p+1. The van der Waals surface area contributed by atoms with Gasteiger partial charge in [-0.05, 0) is 19.3 Å². The van der Waals surface area contributed by atoms with Crippen molar-refractivity contribution in [2.75, 3.05) is 0 Å². The van der Waals surface area contributed by atoms with E-state index in [9.17, 15) is 0 Å². The van der Waals surface area contributed by atoms with Gasteiger partial charge in [0.15, 0.2) is 11.9 Å². The maximum absolute atomic E-state index is 3.56. The average Bonchev–Trinajstić information content (AvgIpc) is 2.06. The number of H-pyrrole nitrogens is 1. The van der Waals surface area contributed by atoms with E-state index in [0.29, 0.717) is 0 Å². The van der Waals surface area contributed by atoms with Gasteiger partial charge in [0.1, 0.15) is 0 Å². The number of aromatic nitrogens is 1. The van der Waals surface area contributed by atoms with Crippen LogP contribution in [0.15, 0.2) is 16.7 Å². The van der Waals surface area contributed by atoms with Crippen molar-refractivity contribution in [2.24, 2.45) is 0 Å². The first-order chi connectivity index (χ1) is 5.38. The lowest BCUT2D eigenvalue weighted by Crippen LogP contribution is -2.17. The van der Waals surface area contributed by atoms with Gasteiger partial charge in [-0.15, -0.1) is 0 Å². The van der Waals surface area contributed by atoms with Gasteiger partial charge in [-0.2, -0.15) is 0 Å². The molecule has 1 heterocycles. The van der Waals surface area contributed by atoms with Crippen molar-refractivity contribution in [2.45, 2.75) is 25.7 Å². The van der Waals surface area contributed by atoms with Gasteiger partial charge in [0.25, 0.3) is 0 Å². The van der Waals surface area contributed by atoms with Crippen LogP contribution in [0.3, 0.4) is 0 Å². The zero-order valence-corrected chi connectivity index (χ0v) is 7.95. The monoisotopic (exact) mass is 212 g/mol. The minimum absolute atomic E-state index is 1.22. The van der Waals surface area contributed by atoms with E-state index in [1.165, 1.54) is 41.4 Å². The normalized spacial score (nSPS) is 16.1. The van der Waals surface area contributed by atoms with Crippen LogP contribution in [-0.4, -0.2) is 0 Å². The number of hydrogen-bond donors (Lipinski definition) is 0. The van der Waals surface area contributed by atoms with Crippen LogP contribution in [0.2, 0.25) is 0 Å². The minimum atomic E-state index is 1.22. The molecule has 0 atom stereocenters. The Morgan fingerprint density at radius 2 is 2.09 bits per heavy atom. The molecule has 0 radical (unpaired) electrons. The molecule has 1 aromatic rings. The molecule has 11 heavy (non-hydrogen) atoms. The smallest absolute Gasteiger partial charge is 0.183 e. The fourth-order valence-corrected chi connectivity index (χ4v) is 2.21. The van der Waals surface area contributed by atoms with Crippen LogP contribution in [0.25, 0.3) is 0 Å². The van der Waals surface area contributed by atoms with Gasteiger partial charge >= 0.3 is 0 Å². The molecule has 0 unspecified atom stereocenters. The number of rotatable bonds is 0. The second-order valence-electron chi connectivity index (χ2n) is 2.99. The fraction of sp³-hybridized carbons (Fsp3) is 0.444. The van der Waals surface area contributed by atoms with E-state index in [2.05, 4.69) is 27.0 Å². The number of fused-ring (bicyclic) bond motifs is 1. The van der Waals surface area contributed by atoms with Crippen molar-refractivity contribution in [1.29, 1.82) is 0 Å². The van der Waals surface area contributed by atoms with Crippen LogP contribution in [0, 0.1) is 0 Å². The first-order valence-electron chi connectivity index (χ1n) is 4.06. The largest absolute Gasteiger partial charge is 0.215 e. The second-order valence-corrected chi connectivity index (χ2v) is 3.84. The van der Waals surface area contributed by atoms with E-state index in [1.807, 2.05) is 6.20 Å². The van der Waals surface area contributed by atoms with Crippen LogP contribution < -0.4 is 4.98 Å². The molecular weight excluding hydrogens is 202 g/mol. The van der Waals surface area contributed by atoms with Crippen LogP contribution in [-0.2, 0) is 12.8 Å². The summed E-state index contributed by atoms with van der Waals surface area (Å²) in [4.78, 5) is 3.30. The summed E-state index contributed by atoms with van der Waals surface area (Å²) in [6, 6.07) is 2.09. The summed E-state index contributed by atoms with van der Waals surface area (Å²) in [5.74, 6) is 0. The van der Waals surface area contributed by atoms with Gasteiger partial charge in [-0.3, -0.25) is 0 Å². The predicted molar refractivity (Wildman–Crippen MR) is 47.3 cm³/mol. The van der Waals surface area contributed by atoms with Gasteiger partial charge in [-0.1, -0.05) is 15.9 Å². The number of pyridine rings is 1. The molecule has 1 N–H and O–H groups in total. The lowest BCUT2D eigenvalue weighted by atomic mass is 9.96. The van der Waals surface area contributed by atoms with Crippen molar-refractivity contribution < 1.29 is 4.98 Å². The molecule has 1 aliphatic rings. The summed E-state index contributed by atoms with van der Waals surface area (Å²) in [7, 11) is 0. The third-order valence-electron chi connectivity index (χ3n) is 2.24. The molecule has 58 valence electrons. The van der Waals surface area contributed by atoms with Crippen molar-refractivity contribution in [3.63, 3.8) is 0 Å². The highest BCUT2D eigenvalue weighted by Crippen LogP contribution is 2.24. The zero-order chi connectivity index (χ0) is 7.68. The Kier molecular flexibility index (Phi) is 1.95. The van der Waals surface area contributed by atoms with E-state index < -0.39 is 0 Å². The van der Waals surface area contributed by atoms with Gasteiger partial charge in [0.2, 0.25) is 0 Å². The molecule has 0 aliphatic heterocycles. The van der Waals surface area contributed by atoms with Crippen molar-refractivity contribution in [3.8, 4) is 0 Å². The summed E-state index contributed by atoms with van der Waals surface area (Å²) in [5, 5.41) is 0. The van der Waals surface area contributed by atoms with Crippen molar-refractivity contribution in [1.82, 2.24) is 0 Å². The SMILES string of the molecule is Brc1cc[nH+]c2c1CCCC2. The first kappa shape index (κ1) is 7.29. The second kappa shape index (κ2) is 2.94. The van der Waals surface area contributed by atoms with Gasteiger partial charge in [0, 0.05) is 22.5 Å². The highest BCUT2D eigenvalue weighted by molar-refractivity contribution is 9.10. The lowest BCUT2D eigenvalue weighted by molar-refractivity contribution is -0.392. The molecule has 0 aromatic carbocycles. The highest BCUT2D eigenvalue weighted by Gasteiger charge is 2.16. The summed E-state index contributed by atoms with van der Waals surface area (Å²) in [6.45, 7) is 0. The Morgan fingerprint density at radius 1 is 1.27 bits per heavy atom. The third-order valence-corrected chi connectivity index (χ3v) is 2.99. The molecule has 0 saturated heterocycles. The molecule has 0 spiro atoms. The number of aryl methyl sites for hydroxylation is 1. The first-order valence-corrected chi connectivity index (χ1v) is 4.85. The van der Waals surface area contributed by atoms with E-state index >= 15 is 0 Å². The molecule has 0 bridgehead atoms. The Labute approximate surface area is 75.0 Å². The van der Waals surface area contributed by atoms with Crippen molar-refractivity contribution >= 4 is 15.9 Å². The van der Waals surface area contributed by atoms with E-state index in [-0.39, 0.29) is 0 Å². The van der Waals surface area contributed by atoms with Crippen LogP contribution in [0.4, 0.5) is 0 Å². The molecular formula is C9H11BrN+. The molecule has 2 rings (SSSR count). The predicted octanol–water partition coefficient (Wildman–Crippen LogP) is 2.14. The van der Waals surface area contributed by atoms with Crippen LogP contribution in [0.1, 0.15) is 24.1 Å². The maximum atomic E-state index is 3.56. The molecule has 0 fully saturated rings. The number of aromatic amines is 1. The maximum Gasteiger partial charge on any atom is 0.183 e.